The molecule has 0 saturated heterocycles. The quantitative estimate of drug-likeness (QED) is 0.742. The van der Waals surface area contributed by atoms with E-state index < -0.39 is 0 Å². The molecule has 0 aliphatic carbocycles. The van der Waals surface area contributed by atoms with Crippen LogP contribution in [0.2, 0.25) is 0 Å². The maximum atomic E-state index is 6.13. The number of methoxy groups -OCH3 is 1. The molecule has 0 saturated carbocycles. The van der Waals surface area contributed by atoms with Gasteiger partial charge in [0.05, 0.1) is 7.11 Å². The summed E-state index contributed by atoms with van der Waals surface area (Å²) >= 11 is 0. The van der Waals surface area contributed by atoms with Gasteiger partial charge < -0.3 is 10.5 Å². The van der Waals surface area contributed by atoms with Crippen LogP contribution in [0.25, 0.3) is 0 Å². The molecule has 0 aliphatic heterocycles. The summed E-state index contributed by atoms with van der Waals surface area (Å²) in [6.45, 7) is 5.70. The first-order valence-corrected chi connectivity index (χ1v) is 4.64. The average molecular weight is 191 g/mol. The van der Waals surface area contributed by atoms with Crippen molar-refractivity contribution in [2.75, 3.05) is 7.11 Å². The van der Waals surface area contributed by atoms with Crippen molar-refractivity contribution in [3.63, 3.8) is 0 Å². The molecule has 0 aromatic heterocycles. The van der Waals surface area contributed by atoms with Crippen LogP contribution in [0.15, 0.2) is 36.9 Å². The minimum absolute atomic E-state index is 0.339. The fraction of sp³-hybridized carbons (Fsp3) is 0.333. The Kier molecular flexibility index (Phi) is 3.31. The van der Waals surface area contributed by atoms with Crippen LogP contribution in [0.5, 0.6) is 5.75 Å². The van der Waals surface area contributed by atoms with Gasteiger partial charge in [-0.1, -0.05) is 18.2 Å². The Morgan fingerprint density at radius 2 is 2.00 bits per heavy atom. The van der Waals surface area contributed by atoms with E-state index in [0.717, 1.165) is 17.7 Å². The van der Waals surface area contributed by atoms with E-state index in [-0.39, 0.29) is 5.54 Å². The van der Waals surface area contributed by atoms with Crippen LogP contribution in [0.1, 0.15) is 18.9 Å². The van der Waals surface area contributed by atoms with Gasteiger partial charge in [0.15, 0.2) is 0 Å². The first-order chi connectivity index (χ1) is 6.60. The number of rotatable bonds is 4. The van der Waals surface area contributed by atoms with Crippen molar-refractivity contribution < 1.29 is 4.74 Å². The van der Waals surface area contributed by atoms with E-state index in [4.69, 9.17) is 10.5 Å². The molecule has 76 valence electrons. The summed E-state index contributed by atoms with van der Waals surface area (Å²) < 4.78 is 5.08. The second-order valence-electron chi connectivity index (χ2n) is 3.64. The Morgan fingerprint density at radius 3 is 2.43 bits per heavy atom. The fourth-order valence-corrected chi connectivity index (χ4v) is 1.39. The molecule has 2 heteroatoms. The van der Waals surface area contributed by atoms with Crippen molar-refractivity contribution in [3.05, 3.63) is 42.5 Å². The van der Waals surface area contributed by atoms with E-state index in [9.17, 15) is 0 Å². The van der Waals surface area contributed by atoms with Crippen LogP contribution in [0.3, 0.4) is 0 Å². The molecule has 0 heterocycles. The minimum atomic E-state index is -0.339. The standard InChI is InChI=1S/C12H17NO/c1-4-9-12(2,13)10-5-7-11(14-3)8-6-10/h4-8H,1,9,13H2,2-3H3. The highest BCUT2D eigenvalue weighted by molar-refractivity contribution is 5.31. The largest absolute Gasteiger partial charge is 0.497 e. The van der Waals surface area contributed by atoms with E-state index in [2.05, 4.69) is 6.58 Å². The van der Waals surface area contributed by atoms with Gasteiger partial charge in [-0.3, -0.25) is 0 Å². The van der Waals surface area contributed by atoms with Crippen LogP contribution < -0.4 is 10.5 Å². The number of hydrogen-bond acceptors (Lipinski definition) is 2. The van der Waals surface area contributed by atoms with Gasteiger partial charge >= 0.3 is 0 Å². The van der Waals surface area contributed by atoms with E-state index in [0.29, 0.717) is 0 Å². The molecule has 0 fully saturated rings. The zero-order valence-corrected chi connectivity index (χ0v) is 8.79. The first kappa shape index (κ1) is 10.8. The molecule has 2 N–H and O–H groups in total. The number of nitrogens with two attached hydrogens (primary N) is 1. The summed E-state index contributed by atoms with van der Waals surface area (Å²) in [5.41, 5.74) is 6.88. The highest BCUT2D eigenvalue weighted by atomic mass is 16.5. The van der Waals surface area contributed by atoms with Gasteiger partial charge in [-0.05, 0) is 31.0 Å². The maximum absolute atomic E-state index is 6.13. The summed E-state index contributed by atoms with van der Waals surface area (Å²) in [6, 6.07) is 7.82. The fourth-order valence-electron chi connectivity index (χ4n) is 1.39. The van der Waals surface area contributed by atoms with Crippen molar-refractivity contribution in [3.8, 4) is 5.75 Å². The highest BCUT2D eigenvalue weighted by Gasteiger charge is 2.18. The van der Waals surface area contributed by atoms with Crippen LogP contribution in [0.4, 0.5) is 0 Å². The Balaban J connectivity index is 2.90. The molecule has 0 amide bonds. The average Bonchev–Trinajstić information content (AvgIpc) is 2.18. The third kappa shape index (κ3) is 2.36. The summed E-state index contributed by atoms with van der Waals surface area (Å²) in [5.74, 6) is 0.850. The van der Waals surface area contributed by atoms with Crippen LogP contribution in [-0.2, 0) is 5.54 Å². The molecule has 0 aliphatic rings. The molecule has 1 atom stereocenters. The summed E-state index contributed by atoms with van der Waals surface area (Å²) in [7, 11) is 1.65. The van der Waals surface area contributed by atoms with Gasteiger partial charge in [0.25, 0.3) is 0 Å². The van der Waals surface area contributed by atoms with Gasteiger partial charge in [0.2, 0.25) is 0 Å². The third-order valence-electron chi connectivity index (χ3n) is 2.32. The van der Waals surface area contributed by atoms with Crippen molar-refractivity contribution in [1.82, 2.24) is 0 Å². The van der Waals surface area contributed by atoms with Gasteiger partial charge in [0.1, 0.15) is 5.75 Å². The second-order valence-corrected chi connectivity index (χ2v) is 3.64. The minimum Gasteiger partial charge on any atom is -0.497 e. The molecule has 1 aromatic rings. The number of hydrogen-bond donors (Lipinski definition) is 1. The lowest BCUT2D eigenvalue weighted by molar-refractivity contribution is 0.413. The molecule has 1 unspecified atom stereocenters. The summed E-state index contributed by atoms with van der Waals surface area (Å²) in [4.78, 5) is 0. The Morgan fingerprint density at radius 1 is 1.43 bits per heavy atom. The maximum Gasteiger partial charge on any atom is 0.118 e. The Hall–Kier alpha value is -1.28. The topological polar surface area (TPSA) is 35.2 Å². The Labute approximate surface area is 85.4 Å². The lowest BCUT2D eigenvalue weighted by atomic mass is 9.90. The van der Waals surface area contributed by atoms with Crippen molar-refractivity contribution in [2.45, 2.75) is 18.9 Å². The van der Waals surface area contributed by atoms with Crippen molar-refractivity contribution in [1.29, 1.82) is 0 Å². The van der Waals surface area contributed by atoms with E-state index in [1.54, 1.807) is 7.11 Å². The van der Waals surface area contributed by atoms with Gasteiger partial charge in [-0.25, -0.2) is 0 Å². The van der Waals surface area contributed by atoms with E-state index >= 15 is 0 Å². The lowest BCUT2D eigenvalue weighted by Crippen LogP contribution is -2.32. The molecule has 1 rings (SSSR count). The zero-order chi connectivity index (χ0) is 10.6. The number of benzene rings is 1. The van der Waals surface area contributed by atoms with E-state index in [1.807, 2.05) is 37.3 Å². The molecule has 14 heavy (non-hydrogen) atoms. The SMILES string of the molecule is C=CCC(C)(N)c1ccc(OC)cc1. The second kappa shape index (κ2) is 4.29. The molecular formula is C12H17NO. The van der Waals surface area contributed by atoms with Crippen molar-refractivity contribution >= 4 is 0 Å². The van der Waals surface area contributed by atoms with E-state index in [1.165, 1.54) is 0 Å². The zero-order valence-electron chi connectivity index (χ0n) is 8.79. The number of ether oxygens (including phenoxy) is 1. The van der Waals surface area contributed by atoms with Crippen LogP contribution in [0, 0.1) is 0 Å². The monoisotopic (exact) mass is 191 g/mol. The molecular weight excluding hydrogens is 174 g/mol. The third-order valence-corrected chi connectivity index (χ3v) is 2.32. The van der Waals surface area contributed by atoms with Crippen LogP contribution >= 0.6 is 0 Å². The molecule has 0 bridgehead atoms. The van der Waals surface area contributed by atoms with Gasteiger partial charge in [0, 0.05) is 5.54 Å². The normalized spacial score (nSPS) is 14.5. The smallest absolute Gasteiger partial charge is 0.118 e. The predicted molar refractivity (Wildman–Crippen MR) is 59.3 cm³/mol. The van der Waals surface area contributed by atoms with Gasteiger partial charge in [-0.15, -0.1) is 6.58 Å². The Bertz CT molecular complexity index is 301. The molecule has 2 nitrogen and oxygen atoms in total. The summed E-state index contributed by atoms with van der Waals surface area (Å²) in [5, 5.41) is 0. The first-order valence-electron chi connectivity index (χ1n) is 4.64. The predicted octanol–water partition coefficient (Wildman–Crippen LogP) is 2.45. The lowest BCUT2D eigenvalue weighted by Gasteiger charge is -2.23. The van der Waals surface area contributed by atoms with Crippen LogP contribution in [-0.4, -0.2) is 7.11 Å². The summed E-state index contributed by atoms with van der Waals surface area (Å²) in [6.07, 6.45) is 2.60. The molecule has 0 radical (unpaired) electrons. The molecule has 0 spiro atoms. The molecule has 1 aromatic carbocycles. The highest BCUT2D eigenvalue weighted by Crippen LogP contribution is 2.23. The van der Waals surface area contributed by atoms with Crippen molar-refractivity contribution in [2.24, 2.45) is 5.73 Å². The van der Waals surface area contributed by atoms with Gasteiger partial charge in [-0.2, -0.15) is 0 Å².